The minimum Gasteiger partial charge on any atom is -0.497 e. The lowest BCUT2D eigenvalue weighted by Gasteiger charge is -2.34. The molecule has 0 unspecified atom stereocenters. The van der Waals surface area contributed by atoms with E-state index in [9.17, 15) is 4.79 Å². The molecule has 28 heavy (non-hydrogen) atoms. The normalized spacial score (nSPS) is 18.9. The van der Waals surface area contributed by atoms with E-state index in [1.807, 2.05) is 12.1 Å². The summed E-state index contributed by atoms with van der Waals surface area (Å²) in [6.45, 7) is 5.61. The second-order valence-corrected chi connectivity index (χ2v) is 8.09. The predicted octanol–water partition coefficient (Wildman–Crippen LogP) is 3.52. The van der Waals surface area contributed by atoms with Crippen molar-refractivity contribution >= 4 is 11.6 Å². The number of likely N-dealkylation sites (tertiary alicyclic amines) is 1. The molecule has 4 rings (SSSR count). The Morgan fingerprint density at radius 1 is 1.14 bits per heavy atom. The third-order valence-electron chi connectivity index (χ3n) is 6.12. The molecule has 2 aromatic rings. The SMILES string of the molecule is COc1ccc(C(=O)Nc2cccc(CN3CCC4(CCNCC4)C3)c2)cc1. The van der Waals surface area contributed by atoms with Crippen molar-refractivity contribution in [1.29, 1.82) is 0 Å². The predicted molar refractivity (Wildman–Crippen MR) is 112 cm³/mol. The highest BCUT2D eigenvalue weighted by Gasteiger charge is 2.38. The second kappa shape index (κ2) is 8.33. The molecule has 0 aromatic heterocycles. The van der Waals surface area contributed by atoms with E-state index in [1.165, 1.54) is 37.9 Å². The summed E-state index contributed by atoms with van der Waals surface area (Å²) in [4.78, 5) is 15.1. The van der Waals surface area contributed by atoms with Gasteiger partial charge in [-0.1, -0.05) is 12.1 Å². The molecule has 0 aliphatic carbocycles. The van der Waals surface area contributed by atoms with Crippen molar-refractivity contribution in [3.8, 4) is 5.75 Å². The van der Waals surface area contributed by atoms with Gasteiger partial charge >= 0.3 is 0 Å². The molecule has 0 radical (unpaired) electrons. The molecule has 148 valence electrons. The smallest absolute Gasteiger partial charge is 0.255 e. The van der Waals surface area contributed by atoms with Gasteiger partial charge in [-0.3, -0.25) is 9.69 Å². The van der Waals surface area contributed by atoms with E-state index in [0.717, 1.165) is 31.1 Å². The van der Waals surface area contributed by atoms with Gasteiger partial charge in [0.05, 0.1) is 7.11 Å². The average Bonchev–Trinajstić information content (AvgIpc) is 3.10. The summed E-state index contributed by atoms with van der Waals surface area (Å²) in [6, 6.07) is 15.4. The summed E-state index contributed by atoms with van der Waals surface area (Å²) < 4.78 is 5.15. The molecule has 0 saturated carbocycles. The van der Waals surface area contributed by atoms with Crippen LogP contribution in [0.4, 0.5) is 5.69 Å². The van der Waals surface area contributed by atoms with Crippen LogP contribution < -0.4 is 15.4 Å². The largest absolute Gasteiger partial charge is 0.497 e. The Morgan fingerprint density at radius 3 is 2.68 bits per heavy atom. The molecule has 2 N–H and O–H groups in total. The fourth-order valence-corrected chi connectivity index (χ4v) is 4.48. The maximum Gasteiger partial charge on any atom is 0.255 e. The summed E-state index contributed by atoms with van der Waals surface area (Å²) in [5, 5.41) is 6.49. The van der Waals surface area contributed by atoms with Crippen molar-refractivity contribution in [2.75, 3.05) is 38.6 Å². The van der Waals surface area contributed by atoms with Crippen LogP contribution in [0, 0.1) is 5.41 Å². The number of nitrogens with zero attached hydrogens (tertiary/aromatic N) is 1. The fourth-order valence-electron chi connectivity index (χ4n) is 4.48. The lowest BCUT2D eigenvalue weighted by Crippen LogP contribution is -2.38. The number of nitrogens with one attached hydrogen (secondary N) is 2. The summed E-state index contributed by atoms with van der Waals surface area (Å²) in [7, 11) is 1.62. The van der Waals surface area contributed by atoms with Crippen molar-refractivity contribution in [1.82, 2.24) is 10.2 Å². The number of rotatable bonds is 5. The van der Waals surface area contributed by atoms with Crippen molar-refractivity contribution in [2.24, 2.45) is 5.41 Å². The van der Waals surface area contributed by atoms with E-state index in [4.69, 9.17) is 4.74 Å². The number of methoxy groups -OCH3 is 1. The molecule has 2 fully saturated rings. The van der Waals surface area contributed by atoms with E-state index in [1.54, 1.807) is 31.4 Å². The number of carbonyl (C=O) groups is 1. The molecule has 1 spiro atoms. The molecular formula is C23H29N3O2. The van der Waals surface area contributed by atoms with Gasteiger partial charge in [-0.15, -0.1) is 0 Å². The number of piperidine rings is 1. The van der Waals surface area contributed by atoms with Crippen LogP contribution in [0.3, 0.4) is 0 Å². The highest BCUT2D eigenvalue weighted by molar-refractivity contribution is 6.04. The summed E-state index contributed by atoms with van der Waals surface area (Å²) in [5.41, 5.74) is 3.23. The first-order chi connectivity index (χ1) is 13.7. The third-order valence-corrected chi connectivity index (χ3v) is 6.12. The van der Waals surface area contributed by atoms with Gasteiger partial charge in [-0.25, -0.2) is 0 Å². The van der Waals surface area contributed by atoms with E-state index in [2.05, 4.69) is 27.7 Å². The van der Waals surface area contributed by atoms with Crippen LogP contribution in [0.15, 0.2) is 48.5 Å². The van der Waals surface area contributed by atoms with Crippen molar-refractivity contribution in [3.63, 3.8) is 0 Å². The number of benzene rings is 2. The van der Waals surface area contributed by atoms with E-state index >= 15 is 0 Å². The third kappa shape index (κ3) is 4.37. The Bertz CT molecular complexity index is 813. The zero-order valence-corrected chi connectivity index (χ0v) is 16.5. The fraction of sp³-hybridized carbons (Fsp3) is 0.435. The lowest BCUT2D eigenvalue weighted by molar-refractivity contribution is 0.102. The van der Waals surface area contributed by atoms with Crippen LogP contribution >= 0.6 is 0 Å². The molecule has 5 nitrogen and oxygen atoms in total. The molecule has 2 aliphatic rings. The van der Waals surface area contributed by atoms with E-state index in [0.29, 0.717) is 11.0 Å². The Balaban J connectivity index is 1.37. The van der Waals surface area contributed by atoms with Gasteiger partial charge in [0.25, 0.3) is 5.91 Å². The Labute approximate surface area is 167 Å². The van der Waals surface area contributed by atoms with Crippen LogP contribution in [-0.2, 0) is 6.54 Å². The Hall–Kier alpha value is -2.37. The van der Waals surface area contributed by atoms with Gasteiger partial charge in [0.15, 0.2) is 0 Å². The monoisotopic (exact) mass is 379 g/mol. The Morgan fingerprint density at radius 2 is 1.93 bits per heavy atom. The summed E-state index contributed by atoms with van der Waals surface area (Å²) in [6.07, 6.45) is 3.89. The van der Waals surface area contributed by atoms with Gasteiger partial charge in [-0.2, -0.15) is 0 Å². The average molecular weight is 380 g/mol. The quantitative estimate of drug-likeness (QED) is 0.835. The molecule has 0 bridgehead atoms. The minimum atomic E-state index is -0.102. The number of ether oxygens (including phenoxy) is 1. The Kier molecular flexibility index (Phi) is 5.64. The van der Waals surface area contributed by atoms with Gasteiger partial charge in [0, 0.05) is 24.3 Å². The maximum absolute atomic E-state index is 12.5. The van der Waals surface area contributed by atoms with Gasteiger partial charge in [0.1, 0.15) is 5.75 Å². The second-order valence-electron chi connectivity index (χ2n) is 8.09. The number of anilines is 1. The van der Waals surface area contributed by atoms with Crippen molar-refractivity contribution in [2.45, 2.75) is 25.8 Å². The van der Waals surface area contributed by atoms with Crippen molar-refractivity contribution in [3.05, 3.63) is 59.7 Å². The minimum absolute atomic E-state index is 0.102. The number of carbonyl (C=O) groups excluding carboxylic acids is 1. The summed E-state index contributed by atoms with van der Waals surface area (Å²) in [5.74, 6) is 0.644. The van der Waals surface area contributed by atoms with E-state index < -0.39 is 0 Å². The lowest BCUT2D eigenvalue weighted by atomic mass is 9.78. The van der Waals surface area contributed by atoms with E-state index in [-0.39, 0.29) is 5.91 Å². The number of hydrogen-bond acceptors (Lipinski definition) is 4. The van der Waals surface area contributed by atoms with Crippen LogP contribution in [-0.4, -0.2) is 44.1 Å². The van der Waals surface area contributed by atoms with Crippen LogP contribution in [0.25, 0.3) is 0 Å². The van der Waals surface area contributed by atoms with Gasteiger partial charge in [-0.05, 0) is 86.3 Å². The van der Waals surface area contributed by atoms with Gasteiger partial charge < -0.3 is 15.4 Å². The molecule has 1 amide bonds. The standard InChI is InChI=1S/C23H29N3O2/c1-28-21-7-5-19(6-8-21)22(27)25-20-4-2-3-18(15-20)16-26-14-11-23(17-26)9-12-24-13-10-23/h2-8,15,24H,9-14,16-17H2,1H3,(H,25,27). The zero-order chi connectivity index (χ0) is 19.4. The van der Waals surface area contributed by atoms with Crippen molar-refractivity contribution < 1.29 is 9.53 Å². The number of amides is 1. The number of hydrogen-bond donors (Lipinski definition) is 2. The molecule has 2 aliphatic heterocycles. The zero-order valence-electron chi connectivity index (χ0n) is 16.5. The van der Waals surface area contributed by atoms with Crippen LogP contribution in [0.5, 0.6) is 5.75 Å². The molecule has 5 heteroatoms. The first-order valence-electron chi connectivity index (χ1n) is 10.1. The highest BCUT2D eigenvalue weighted by atomic mass is 16.5. The van der Waals surface area contributed by atoms with Gasteiger partial charge in [0.2, 0.25) is 0 Å². The van der Waals surface area contributed by atoms with Crippen LogP contribution in [0.1, 0.15) is 35.2 Å². The molecule has 2 aromatic carbocycles. The molecule has 0 atom stereocenters. The van der Waals surface area contributed by atoms with Crippen LogP contribution in [0.2, 0.25) is 0 Å². The molecular weight excluding hydrogens is 350 g/mol. The highest BCUT2D eigenvalue weighted by Crippen LogP contribution is 2.39. The topological polar surface area (TPSA) is 53.6 Å². The summed E-state index contributed by atoms with van der Waals surface area (Å²) >= 11 is 0. The maximum atomic E-state index is 12.5. The molecule has 2 heterocycles. The molecule has 2 saturated heterocycles. The first kappa shape index (κ1) is 19.0. The first-order valence-corrected chi connectivity index (χ1v) is 10.1.